The van der Waals surface area contributed by atoms with Crippen LogP contribution in [0.1, 0.15) is 96.5 Å². The van der Waals surface area contributed by atoms with Gasteiger partial charge in [0.05, 0.1) is 5.69 Å². The van der Waals surface area contributed by atoms with E-state index in [4.69, 9.17) is 10.7 Å². The molecule has 0 aliphatic heterocycles. The second-order valence-corrected chi connectivity index (χ2v) is 7.65. The number of aromatic nitrogens is 2. The van der Waals surface area contributed by atoms with Gasteiger partial charge in [-0.05, 0) is 19.3 Å². The molecule has 2 rings (SSSR count). The molecule has 3 heteroatoms. The van der Waals surface area contributed by atoms with Crippen molar-refractivity contribution in [2.45, 2.75) is 96.9 Å². The van der Waals surface area contributed by atoms with Gasteiger partial charge in [-0.3, -0.25) is 0 Å². The van der Waals surface area contributed by atoms with E-state index in [1.165, 1.54) is 62.9 Å². The summed E-state index contributed by atoms with van der Waals surface area (Å²) in [6.07, 6.45) is 10.3. The van der Waals surface area contributed by atoms with E-state index in [0.717, 1.165) is 12.4 Å². The Labute approximate surface area is 130 Å². The molecule has 1 aliphatic rings. The monoisotopic (exact) mass is 291 g/mol. The van der Waals surface area contributed by atoms with Gasteiger partial charge in [0, 0.05) is 17.9 Å². The molecule has 120 valence electrons. The van der Waals surface area contributed by atoms with Crippen molar-refractivity contribution in [2.75, 3.05) is 5.73 Å². The lowest BCUT2D eigenvalue weighted by Gasteiger charge is -2.20. The van der Waals surface area contributed by atoms with E-state index in [2.05, 4.69) is 32.3 Å². The number of nitrogens with zero attached hydrogens (tertiary/aromatic N) is 2. The molecule has 0 aromatic carbocycles. The molecule has 0 saturated heterocycles. The zero-order valence-electron chi connectivity index (χ0n) is 14.4. The quantitative estimate of drug-likeness (QED) is 0.793. The summed E-state index contributed by atoms with van der Waals surface area (Å²) in [4.78, 5) is 5.04. The van der Waals surface area contributed by atoms with E-state index in [1.807, 2.05) is 0 Å². The lowest BCUT2D eigenvalue weighted by atomic mass is 9.95. The number of unbranched alkanes of at least 4 members (excludes halogenated alkanes) is 1. The maximum atomic E-state index is 6.52. The van der Waals surface area contributed by atoms with Crippen LogP contribution >= 0.6 is 0 Å². The third kappa shape index (κ3) is 3.81. The summed E-state index contributed by atoms with van der Waals surface area (Å²) < 4.78 is 2.30. The maximum Gasteiger partial charge on any atom is 0.127 e. The van der Waals surface area contributed by atoms with Crippen LogP contribution in [0.4, 0.5) is 5.82 Å². The van der Waals surface area contributed by atoms with E-state index in [-0.39, 0.29) is 5.41 Å². The summed E-state index contributed by atoms with van der Waals surface area (Å²) in [6, 6.07) is 0. The topological polar surface area (TPSA) is 43.8 Å². The van der Waals surface area contributed by atoms with E-state index in [0.29, 0.717) is 5.92 Å². The smallest absolute Gasteiger partial charge is 0.127 e. The number of hydrogen-bond donors (Lipinski definition) is 1. The molecule has 0 unspecified atom stereocenters. The van der Waals surface area contributed by atoms with E-state index >= 15 is 0 Å². The summed E-state index contributed by atoms with van der Waals surface area (Å²) in [6.45, 7) is 9.97. The minimum atomic E-state index is 0.0604. The van der Waals surface area contributed by atoms with Crippen LogP contribution in [-0.4, -0.2) is 9.55 Å². The Bertz CT molecular complexity index is 446. The first kappa shape index (κ1) is 16.4. The molecule has 1 aliphatic carbocycles. The molecule has 0 bridgehead atoms. The van der Waals surface area contributed by atoms with E-state index in [9.17, 15) is 0 Å². The third-order valence-electron chi connectivity index (χ3n) is 4.68. The second kappa shape index (κ2) is 6.85. The van der Waals surface area contributed by atoms with Crippen LogP contribution < -0.4 is 5.73 Å². The predicted molar refractivity (Wildman–Crippen MR) is 90.7 cm³/mol. The minimum absolute atomic E-state index is 0.0604. The number of nitrogen functional groups attached to an aromatic ring is 1. The summed E-state index contributed by atoms with van der Waals surface area (Å²) in [5.74, 6) is 2.70. The third-order valence-corrected chi connectivity index (χ3v) is 4.68. The largest absolute Gasteiger partial charge is 0.384 e. The van der Waals surface area contributed by atoms with Crippen LogP contribution in [0.3, 0.4) is 0 Å². The number of rotatable bonds is 4. The molecule has 0 amide bonds. The van der Waals surface area contributed by atoms with Crippen LogP contribution in [0, 0.1) is 0 Å². The molecule has 3 nitrogen and oxygen atoms in total. The van der Waals surface area contributed by atoms with Crippen molar-refractivity contribution in [3.8, 4) is 0 Å². The molecule has 0 atom stereocenters. The van der Waals surface area contributed by atoms with Crippen molar-refractivity contribution < 1.29 is 0 Å². The molecule has 21 heavy (non-hydrogen) atoms. The predicted octanol–water partition coefficient (Wildman–Crippen LogP) is 5.00. The SMILES string of the molecule is CCCCn1c(C(C)(C)C)nc(C2CCCCCC2)c1N. The first-order valence-corrected chi connectivity index (χ1v) is 8.81. The molecule has 1 saturated carbocycles. The Balaban J connectivity index is 2.35. The Morgan fingerprint density at radius 3 is 2.29 bits per heavy atom. The molecule has 1 aromatic heterocycles. The van der Waals surface area contributed by atoms with Crippen LogP contribution in [-0.2, 0) is 12.0 Å². The van der Waals surface area contributed by atoms with Gasteiger partial charge < -0.3 is 10.3 Å². The highest BCUT2D eigenvalue weighted by Crippen LogP contribution is 2.36. The van der Waals surface area contributed by atoms with Gasteiger partial charge in [-0.25, -0.2) is 4.98 Å². The molecule has 1 aromatic rings. The van der Waals surface area contributed by atoms with Gasteiger partial charge in [-0.2, -0.15) is 0 Å². The first-order chi connectivity index (χ1) is 9.95. The number of nitrogens with two attached hydrogens (primary N) is 1. The molecular formula is C18H33N3. The molecule has 0 spiro atoms. The lowest BCUT2D eigenvalue weighted by Crippen LogP contribution is -2.20. The van der Waals surface area contributed by atoms with Crippen LogP contribution in [0.25, 0.3) is 0 Å². The number of imidazole rings is 1. The van der Waals surface area contributed by atoms with E-state index < -0.39 is 0 Å². The van der Waals surface area contributed by atoms with Crippen molar-refractivity contribution in [2.24, 2.45) is 0 Å². The summed E-state index contributed by atoms with van der Waals surface area (Å²) >= 11 is 0. The fourth-order valence-electron chi connectivity index (χ4n) is 3.45. The number of hydrogen-bond acceptors (Lipinski definition) is 2. The molecule has 1 heterocycles. The first-order valence-electron chi connectivity index (χ1n) is 8.81. The van der Waals surface area contributed by atoms with Crippen molar-refractivity contribution in [3.63, 3.8) is 0 Å². The summed E-state index contributed by atoms with van der Waals surface area (Å²) in [7, 11) is 0. The standard InChI is InChI=1S/C18H33N3/c1-5-6-13-21-16(19)15(20-17(21)18(2,3)4)14-11-9-7-8-10-12-14/h14H,5-13,19H2,1-4H3. The Kier molecular flexibility index (Phi) is 5.34. The van der Waals surface area contributed by atoms with Gasteiger partial charge in [0.1, 0.15) is 11.6 Å². The highest BCUT2D eigenvalue weighted by Gasteiger charge is 2.28. The summed E-state index contributed by atoms with van der Waals surface area (Å²) in [5.41, 5.74) is 7.78. The van der Waals surface area contributed by atoms with Crippen molar-refractivity contribution in [1.29, 1.82) is 0 Å². The van der Waals surface area contributed by atoms with Gasteiger partial charge in [0.15, 0.2) is 0 Å². The van der Waals surface area contributed by atoms with Gasteiger partial charge in [0.2, 0.25) is 0 Å². The fraction of sp³-hybridized carbons (Fsp3) is 0.833. The summed E-state index contributed by atoms with van der Waals surface area (Å²) in [5, 5.41) is 0. The fourth-order valence-corrected chi connectivity index (χ4v) is 3.45. The molecular weight excluding hydrogens is 258 g/mol. The van der Waals surface area contributed by atoms with Crippen molar-refractivity contribution in [1.82, 2.24) is 9.55 Å². The van der Waals surface area contributed by atoms with Crippen molar-refractivity contribution in [3.05, 3.63) is 11.5 Å². The Morgan fingerprint density at radius 2 is 1.76 bits per heavy atom. The van der Waals surface area contributed by atoms with Gasteiger partial charge >= 0.3 is 0 Å². The van der Waals surface area contributed by atoms with Gasteiger partial charge in [-0.1, -0.05) is 59.8 Å². The molecule has 1 fully saturated rings. The van der Waals surface area contributed by atoms with Gasteiger partial charge in [-0.15, -0.1) is 0 Å². The average molecular weight is 291 g/mol. The van der Waals surface area contributed by atoms with Crippen LogP contribution in [0.2, 0.25) is 0 Å². The number of anilines is 1. The average Bonchev–Trinajstić information content (AvgIpc) is 2.62. The zero-order valence-corrected chi connectivity index (χ0v) is 14.4. The normalized spacial score (nSPS) is 17.9. The second-order valence-electron chi connectivity index (χ2n) is 7.65. The lowest BCUT2D eigenvalue weighted by molar-refractivity contribution is 0.489. The zero-order chi connectivity index (χ0) is 15.5. The molecule has 2 N–H and O–H groups in total. The minimum Gasteiger partial charge on any atom is -0.384 e. The van der Waals surface area contributed by atoms with Crippen LogP contribution in [0.15, 0.2) is 0 Å². The van der Waals surface area contributed by atoms with Crippen LogP contribution in [0.5, 0.6) is 0 Å². The Morgan fingerprint density at radius 1 is 1.14 bits per heavy atom. The van der Waals surface area contributed by atoms with Gasteiger partial charge in [0.25, 0.3) is 0 Å². The highest BCUT2D eigenvalue weighted by molar-refractivity contribution is 5.42. The maximum absolute atomic E-state index is 6.52. The highest BCUT2D eigenvalue weighted by atomic mass is 15.2. The Hall–Kier alpha value is -0.990. The van der Waals surface area contributed by atoms with Crippen molar-refractivity contribution >= 4 is 5.82 Å². The molecule has 0 radical (unpaired) electrons. The van der Waals surface area contributed by atoms with E-state index in [1.54, 1.807) is 0 Å².